The highest BCUT2D eigenvalue weighted by molar-refractivity contribution is 5.89. The Labute approximate surface area is 153 Å². The van der Waals surface area contributed by atoms with Crippen LogP contribution in [-0.2, 0) is 6.54 Å². The van der Waals surface area contributed by atoms with Crippen LogP contribution in [0.1, 0.15) is 16.7 Å². The van der Waals surface area contributed by atoms with Gasteiger partial charge in [-0.05, 0) is 56.1 Å². The molecule has 0 aliphatic rings. The molecule has 0 aliphatic carbocycles. The summed E-state index contributed by atoms with van der Waals surface area (Å²) in [5, 5.41) is 20.8. The maximum absolute atomic E-state index is 12.7. The van der Waals surface area contributed by atoms with Crippen molar-refractivity contribution < 1.29 is 4.79 Å². The molecule has 0 unspecified atom stereocenters. The Kier molecular flexibility index (Phi) is 6.73. The first-order valence-electron chi connectivity index (χ1n) is 8.21. The maximum Gasteiger partial charge on any atom is 0.322 e. The van der Waals surface area contributed by atoms with Gasteiger partial charge in [0.15, 0.2) is 0 Å². The number of amides is 2. The number of hydrogen-bond acceptors (Lipinski definition) is 4. The molecule has 2 amide bonds. The van der Waals surface area contributed by atoms with Crippen LogP contribution in [0, 0.1) is 22.7 Å². The van der Waals surface area contributed by atoms with Gasteiger partial charge in [0.05, 0.1) is 23.3 Å². The third-order valence-electron chi connectivity index (χ3n) is 3.80. The predicted molar refractivity (Wildman–Crippen MR) is 100 cm³/mol. The van der Waals surface area contributed by atoms with Crippen LogP contribution in [0.4, 0.5) is 10.5 Å². The summed E-state index contributed by atoms with van der Waals surface area (Å²) in [6, 6.07) is 17.9. The molecule has 2 aromatic carbocycles. The zero-order chi connectivity index (χ0) is 18.9. The van der Waals surface area contributed by atoms with Gasteiger partial charge in [0.1, 0.15) is 0 Å². The maximum atomic E-state index is 12.7. The number of likely N-dealkylation sites (N-methyl/N-ethyl adjacent to an activating group) is 1. The number of hydrogen-bond donors (Lipinski definition) is 1. The van der Waals surface area contributed by atoms with E-state index in [1.54, 1.807) is 41.3 Å². The summed E-state index contributed by atoms with van der Waals surface area (Å²) in [7, 11) is 3.90. The molecule has 132 valence electrons. The molecule has 0 aliphatic heterocycles. The summed E-state index contributed by atoms with van der Waals surface area (Å²) in [4.78, 5) is 16.4. The molecule has 1 N–H and O–H groups in total. The van der Waals surface area contributed by atoms with E-state index in [-0.39, 0.29) is 6.03 Å². The minimum Gasteiger partial charge on any atom is -0.319 e. The number of carbonyl (C=O) groups excluding carboxylic acids is 1. The van der Waals surface area contributed by atoms with E-state index in [4.69, 9.17) is 10.5 Å². The first-order chi connectivity index (χ1) is 12.5. The van der Waals surface area contributed by atoms with Crippen LogP contribution in [0.15, 0.2) is 48.5 Å². The molecule has 0 atom stereocenters. The van der Waals surface area contributed by atoms with Gasteiger partial charge in [-0.1, -0.05) is 12.1 Å². The Morgan fingerprint density at radius 2 is 1.69 bits per heavy atom. The van der Waals surface area contributed by atoms with E-state index in [0.717, 1.165) is 12.1 Å². The number of benzene rings is 2. The molecule has 6 heteroatoms. The van der Waals surface area contributed by atoms with E-state index in [9.17, 15) is 4.79 Å². The summed E-state index contributed by atoms with van der Waals surface area (Å²) in [5.74, 6) is 0. The van der Waals surface area contributed by atoms with Crippen LogP contribution in [0.2, 0.25) is 0 Å². The number of urea groups is 1. The SMILES string of the molecule is CN(C)CCN(Cc1cccc(C#N)c1)C(=O)Nc1ccc(C#N)cc1. The van der Waals surface area contributed by atoms with E-state index in [1.165, 1.54) is 0 Å². The van der Waals surface area contributed by atoms with Gasteiger partial charge in [0, 0.05) is 25.3 Å². The molecule has 0 saturated heterocycles. The fraction of sp³-hybridized carbons (Fsp3) is 0.250. The first kappa shape index (κ1) is 19.0. The molecule has 0 heterocycles. The minimum absolute atomic E-state index is 0.223. The van der Waals surface area contributed by atoms with Gasteiger partial charge in [0.2, 0.25) is 0 Å². The van der Waals surface area contributed by atoms with E-state index >= 15 is 0 Å². The fourth-order valence-corrected chi connectivity index (χ4v) is 2.36. The van der Waals surface area contributed by atoms with Gasteiger partial charge in [-0.25, -0.2) is 4.79 Å². The van der Waals surface area contributed by atoms with E-state index in [1.807, 2.05) is 31.1 Å². The molecule has 0 fully saturated rings. The molecular formula is C20H21N5O. The Hall–Kier alpha value is -3.35. The molecule has 6 nitrogen and oxygen atoms in total. The lowest BCUT2D eigenvalue weighted by molar-refractivity contribution is 0.202. The lowest BCUT2D eigenvalue weighted by atomic mass is 10.1. The van der Waals surface area contributed by atoms with Gasteiger partial charge in [-0.2, -0.15) is 10.5 Å². The highest BCUT2D eigenvalue weighted by Crippen LogP contribution is 2.12. The molecule has 0 saturated carbocycles. The first-order valence-corrected chi connectivity index (χ1v) is 8.21. The van der Waals surface area contributed by atoms with Crippen molar-refractivity contribution in [2.45, 2.75) is 6.54 Å². The average Bonchev–Trinajstić information content (AvgIpc) is 2.65. The lowest BCUT2D eigenvalue weighted by Gasteiger charge is -2.25. The van der Waals surface area contributed by atoms with E-state index < -0.39 is 0 Å². The fourth-order valence-electron chi connectivity index (χ4n) is 2.36. The van der Waals surface area contributed by atoms with Crippen LogP contribution in [0.25, 0.3) is 0 Å². The van der Waals surface area contributed by atoms with Crippen molar-refractivity contribution in [3.05, 3.63) is 65.2 Å². The second kappa shape index (κ2) is 9.22. The Morgan fingerprint density at radius 3 is 2.31 bits per heavy atom. The summed E-state index contributed by atoms with van der Waals surface area (Å²) in [6.07, 6.45) is 0. The Balaban J connectivity index is 2.12. The Bertz CT molecular complexity index is 831. The van der Waals surface area contributed by atoms with Gasteiger partial charge < -0.3 is 15.1 Å². The summed E-state index contributed by atoms with van der Waals surface area (Å²) < 4.78 is 0. The molecule has 26 heavy (non-hydrogen) atoms. The summed E-state index contributed by atoms with van der Waals surface area (Å²) in [6.45, 7) is 1.68. The van der Waals surface area contributed by atoms with Crippen LogP contribution >= 0.6 is 0 Å². The van der Waals surface area contributed by atoms with Gasteiger partial charge >= 0.3 is 6.03 Å². The highest BCUT2D eigenvalue weighted by atomic mass is 16.2. The molecule has 0 radical (unpaired) electrons. The number of nitriles is 2. The van der Waals surface area contributed by atoms with Crippen LogP contribution < -0.4 is 5.32 Å². The molecule has 2 rings (SSSR count). The number of anilines is 1. The smallest absolute Gasteiger partial charge is 0.319 e. The highest BCUT2D eigenvalue weighted by Gasteiger charge is 2.15. The van der Waals surface area contributed by atoms with Crippen LogP contribution in [-0.4, -0.2) is 43.0 Å². The zero-order valence-electron chi connectivity index (χ0n) is 14.9. The van der Waals surface area contributed by atoms with Crippen molar-refractivity contribution in [3.8, 4) is 12.1 Å². The molecule has 0 bridgehead atoms. The van der Waals surface area contributed by atoms with Gasteiger partial charge in [-0.15, -0.1) is 0 Å². The normalized spacial score (nSPS) is 10.0. The predicted octanol–water partition coefficient (Wildman–Crippen LogP) is 3.03. The average molecular weight is 347 g/mol. The van der Waals surface area contributed by atoms with Crippen LogP contribution in [0.3, 0.4) is 0 Å². The van der Waals surface area contributed by atoms with Crippen LogP contribution in [0.5, 0.6) is 0 Å². The minimum atomic E-state index is -0.223. The van der Waals surface area contributed by atoms with Crippen molar-refractivity contribution in [1.82, 2.24) is 9.80 Å². The summed E-state index contributed by atoms with van der Waals surface area (Å²) in [5.41, 5.74) is 2.65. The standard InChI is InChI=1S/C20H21N5O/c1-24(2)10-11-25(15-18-5-3-4-17(12-18)14-22)20(26)23-19-8-6-16(13-21)7-9-19/h3-9,12H,10-11,15H2,1-2H3,(H,23,26). The monoisotopic (exact) mass is 347 g/mol. The summed E-state index contributed by atoms with van der Waals surface area (Å²) >= 11 is 0. The third-order valence-corrected chi connectivity index (χ3v) is 3.80. The molecule has 2 aromatic rings. The quantitative estimate of drug-likeness (QED) is 0.870. The number of nitrogens with zero attached hydrogens (tertiary/aromatic N) is 4. The molecular weight excluding hydrogens is 326 g/mol. The lowest BCUT2D eigenvalue weighted by Crippen LogP contribution is -2.39. The van der Waals surface area contributed by atoms with Gasteiger partial charge in [-0.3, -0.25) is 0 Å². The number of nitrogens with one attached hydrogen (secondary N) is 1. The van der Waals surface area contributed by atoms with E-state index in [2.05, 4.69) is 17.5 Å². The second-order valence-electron chi connectivity index (χ2n) is 6.16. The third kappa shape index (κ3) is 5.62. The van der Waals surface area contributed by atoms with Crippen molar-refractivity contribution in [3.63, 3.8) is 0 Å². The number of rotatable bonds is 6. The van der Waals surface area contributed by atoms with Crippen molar-refractivity contribution >= 4 is 11.7 Å². The van der Waals surface area contributed by atoms with Crippen molar-refractivity contribution in [2.24, 2.45) is 0 Å². The molecule has 0 aromatic heterocycles. The number of carbonyl (C=O) groups is 1. The topological polar surface area (TPSA) is 83.2 Å². The van der Waals surface area contributed by atoms with Crippen molar-refractivity contribution in [1.29, 1.82) is 10.5 Å². The van der Waals surface area contributed by atoms with E-state index in [0.29, 0.717) is 29.9 Å². The van der Waals surface area contributed by atoms with Gasteiger partial charge in [0.25, 0.3) is 0 Å². The second-order valence-corrected chi connectivity index (χ2v) is 6.16. The largest absolute Gasteiger partial charge is 0.322 e. The van der Waals surface area contributed by atoms with Crippen molar-refractivity contribution in [2.75, 3.05) is 32.5 Å². The molecule has 0 spiro atoms. The zero-order valence-corrected chi connectivity index (χ0v) is 14.9. The Morgan fingerprint density at radius 1 is 1.00 bits per heavy atom.